The van der Waals surface area contributed by atoms with Gasteiger partial charge in [-0.2, -0.15) is 0 Å². The summed E-state index contributed by atoms with van der Waals surface area (Å²) in [5.74, 6) is 0. The summed E-state index contributed by atoms with van der Waals surface area (Å²) < 4.78 is 0. The van der Waals surface area contributed by atoms with Crippen LogP contribution < -0.4 is 5.32 Å². The highest BCUT2D eigenvalue weighted by Gasteiger charge is 1.99. The number of benzene rings is 1. The number of rotatable bonds is 3. The van der Waals surface area contributed by atoms with E-state index in [-0.39, 0.29) is 0 Å². The molecule has 1 N–H and O–H groups in total. The molecule has 0 aliphatic rings. The molecular weight excluding hydrogens is 182 g/mol. The van der Waals surface area contributed by atoms with E-state index in [9.17, 15) is 0 Å². The van der Waals surface area contributed by atoms with Crippen LogP contribution in [0.1, 0.15) is 25.0 Å². The lowest BCUT2D eigenvalue weighted by Crippen LogP contribution is -2.22. The second kappa shape index (κ2) is 4.64. The summed E-state index contributed by atoms with van der Waals surface area (Å²) in [7, 11) is 0. The van der Waals surface area contributed by atoms with Gasteiger partial charge in [-0.15, -0.1) is 0 Å². The van der Waals surface area contributed by atoms with Crippen molar-refractivity contribution >= 4 is 11.6 Å². The van der Waals surface area contributed by atoms with Crippen LogP contribution in [0.2, 0.25) is 5.02 Å². The third-order valence-electron chi connectivity index (χ3n) is 2.01. The van der Waals surface area contributed by atoms with E-state index in [2.05, 4.69) is 32.2 Å². The monoisotopic (exact) mass is 197 g/mol. The third-order valence-corrected chi connectivity index (χ3v) is 2.25. The summed E-state index contributed by atoms with van der Waals surface area (Å²) in [6.45, 7) is 7.28. The second-order valence-corrected chi connectivity index (χ2v) is 4.04. The van der Waals surface area contributed by atoms with E-state index in [0.717, 1.165) is 11.6 Å². The van der Waals surface area contributed by atoms with Gasteiger partial charge >= 0.3 is 0 Å². The second-order valence-electron chi connectivity index (χ2n) is 3.61. The molecule has 0 fully saturated rings. The molecule has 13 heavy (non-hydrogen) atoms. The van der Waals surface area contributed by atoms with Gasteiger partial charge in [0.15, 0.2) is 0 Å². The number of hydrogen-bond acceptors (Lipinski definition) is 1. The minimum absolute atomic E-state index is 0.512. The molecule has 0 aliphatic carbocycles. The van der Waals surface area contributed by atoms with Crippen LogP contribution >= 0.6 is 11.6 Å². The van der Waals surface area contributed by atoms with Gasteiger partial charge in [-0.25, -0.2) is 0 Å². The molecule has 0 aliphatic heterocycles. The van der Waals surface area contributed by atoms with Crippen LogP contribution in [0.4, 0.5) is 0 Å². The number of hydrogen-bond donors (Lipinski definition) is 1. The van der Waals surface area contributed by atoms with Crippen molar-refractivity contribution in [3.05, 3.63) is 34.3 Å². The zero-order valence-electron chi connectivity index (χ0n) is 8.39. The maximum Gasteiger partial charge on any atom is 0.0409 e. The topological polar surface area (TPSA) is 12.0 Å². The Balaban J connectivity index is 2.70. The normalized spacial score (nSPS) is 10.8. The number of aryl methyl sites for hydroxylation is 1. The Hall–Kier alpha value is -0.530. The fourth-order valence-corrected chi connectivity index (χ4v) is 1.34. The minimum atomic E-state index is 0.512. The van der Waals surface area contributed by atoms with Crippen LogP contribution in [-0.4, -0.2) is 6.04 Å². The Kier molecular flexibility index (Phi) is 3.76. The Bertz CT molecular complexity index is 281. The van der Waals surface area contributed by atoms with Crippen molar-refractivity contribution in [2.75, 3.05) is 0 Å². The van der Waals surface area contributed by atoms with Gasteiger partial charge in [0.25, 0.3) is 0 Å². The van der Waals surface area contributed by atoms with Crippen molar-refractivity contribution in [3.8, 4) is 0 Å². The van der Waals surface area contributed by atoms with E-state index < -0.39 is 0 Å². The van der Waals surface area contributed by atoms with E-state index in [4.69, 9.17) is 11.6 Å². The van der Waals surface area contributed by atoms with Gasteiger partial charge in [-0.1, -0.05) is 31.5 Å². The lowest BCUT2D eigenvalue weighted by atomic mass is 10.1. The molecule has 0 spiro atoms. The van der Waals surface area contributed by atoms with Gasteiger partial charge in [-0.05, 0) is 30.2 Å². The molecule has 0 saturated heterocycles. The van der Waals surface area contributed by atoms with E-state index in [1.165, 1.54) is 11.1 Å². The van der Waals surface area contributed by atoms with E-state index in [1.807, 2.05) is 12.1 Å². The van der Waals surface area contributed by atoms with Crippen molar-refractivity contribution in [2.24, 2.45) is 0 Å². The maximum absolute atomic E-state index is 5.90. The molecule has 0 heterocycles. The first kappa shape index (κ1) is 10.6. The molecule has 1 nitrogen and oxygen atoms in total. The van der Waals surface area contributed by atoms with Gasteiger partial charge in [0.05, 0.1) is 0 Å². The summed E-state index contributed by atoms with van der Waals surface area (Å²) in [5.41, 5.74) is 2.57. The zero-order chi connectivity index (χ0) is 9.84. The van der Waals surface area contributed by atoms with Crippen molar-refractivity contribution in [1.82, 2.24) is 5.32 Å². The summed E-state index contributed by atoms with van der Waals surface area (Å²) >= 11 is 5.90. The lowest BCUT2D eigenvalue weighted by molar-refractivity contribution is 0.587. The Labute approximate surface area is 85.1 Å². The highest BCUT2D eigenvalue weighted by molar-refractivity contribution is 6.30. The number of halogens is 1. The molecule has 0 amide bonds. The van der Waals surface area contributed by atoms with Crippen LogP contribution in [0, 0.1) is 6.92 Å². The quantitative estimate of drug-likeness (QED) is 0.785. The minimum Gasteiger partial charge on any atom is -0.310 e. The molecule has 0 radical (unpaired) electrons. The van der Waals surface area contributed by atoms with Crippen molar-refractivity contribution in [3.63, 3.8) is 0 Å². The van der Waals surface area contributed by atoms with Gasteiger partial charge in [0, 0.05) is 17.6 Å². The SMILES string of the molecule is Cc1ccc(Cl)cc1CNC(C)C. The molecule has 0 unspecified atom stereocenters. The Morgan fingerprint density at radius 3 is 2.69 bits per heavy atom. The van der Waals surface area contributed by atoms with Crippen molar-refractivity contribution in [2.45, 2.75) is 33.4 Å². The van der Waals surface area contributed by atoms with Crippen LogP contribution in [-0.2, 0) is 6.54 Å². The van der Waals surface area contributed by atoms with Crippen molar-refractivity contribution in [1.29, 1.82) is 0 Å². The molecule has 0 saturated carbocycles. The first-order valence-electron chi connectivity index (χ1n) is 4.58. The van der Waals surface area contributed by atoms with Crippen LogP contribution in [0.3, 0.4) is 0 Å². The Morgan fingerprint density at radius 2 is 2.08 bits per heavy atom. The summed E-state index contributed by atoms with van der Waals surface area (Å²) in [4.78, 5) is 0. The smallest absolute Gasteiger partial charge is 0.0409 e. The largest absolute Gasteiger partial charge is 0.310 e. The third kappa shape index (κ3) is 3.37. The van der Waals surface area contributed by atoms with Gasteiger partial charge in [0.1, 0.15) is 0 Å². The molecular formula is C11H16ClN. The predicted molar refractivity (Wildman–Crippen MR) is 58.2 cm³/mol. The molecule has 2 heteroatoms. The summed E-state index contributed by atoms with van der Waals surface area (Å²) in [5, 5.41) is 4.18. The highest BCUT2D eigenvalue weighted by atomic mass is 35.5. The van der Waals surface area contributed by atoms with E-state index in [1.54, 1.807) is 0 Å². The highest BCUT2D eigenvalue weighted by Crippen LogP contribution is 2.15. The predicted octanol–water partition coefficient (Wildman–Crippen LogP) is 3.15. The number of nitrogens with one attached hydrogen (secondary N) is 1. The van der Waals surface area contributed by atoms with Crippen molar-refractivity contribution < 1.29 is 0 Å². The van der Waals surface area contributed by atoms with E-state index in [0.29, 0.717) is 6.04 Å². The molecule has 0 aromatic heterocycles. The molecule has 0 bridgehead atoms. The average molecular weight is 198 g/mol. The van der Waals surface area contributed by atoms with Gasteiger partial charge < -0.3 is 5.32 Å². The molecule has 1 aromatic carbocycles. The first-order chi connectivity index (χ1) is 6.09. The van der Waals surface area contributed by atoms with Crippen LogP contribution in [0.25, 0.3) is 0 Å². The summed E-state index contributed by atoms with van der Waals surface area (Å²) in [6.07, 6.45) is 0. The standard InChI is InChI=1S/C11H16ClN/c1-8(2)13-7-10-6-11(12)5-4-9(10)3/h4-6,8,13H,7H2,1-3H3. The van der Waals surface area contributed by atoms with E-state index >= 15 is 0 Å². The van der Waals surface area contributed by atoms with Gasteiger partial charge in [0.2, 0.25) is 0 Å². The van der Waals surface area contributed by atoms with Crippen LogP contribution in [0.15, 0.2) is 18.2 Å². The lowest BCUT2D eigenvalue weighted by Gasteiger charge is -2.10. The average Bonchev–Trinajstić information content (AvgIpc) is 2.06. The molecule has 72 valence electrons. The molecule has 0 atom stereocenters. The zero-order valence-corrected chi connectivity index (χ0v) is 9.15. The molecule has 1 aromatic rings. The first-order valence-corrected chi connectivity index (χ1v) is 4.96. The fourth-order valence-electron chi connectivity index (χ4n) is 1.14. The van der Waals surface area contributed by atoms with Crippen LogP contribution in [0.5, 0.6) is 0 Å². The van der Waals surface area contributed by atoms with Gasteiger partial charge in [-0.3, -0.25) is 0 Å². The summed E-state index contributed by atoms with van der Waals surface area (Å²) in [6, 6.07) is 6.51. The molecule has 1 rings (SSSR count). The maximum atomic E-state index is 5.90. The Morgan fingerprint density at radius 1 is 1.38 bits per heavy atom. The fraction of sp³-hybridized carbons (Fsp3) is 0.455.